The van der Waals surface area contributed by atoms with E-state index in [4.69, 9.17) is 37.0 Å². The molecule has 0 aliphatic heterocycles. The van der Waals surface area contributed by atoms with Crippen LogP contribution in [0.5, 0.6) is 0 Å². The van der Waals surface area contributed by atoms with Crippen LogP contribution in [0, 0.1) is 17.8 Å². The number of carbonyl (C=O) groups is 4. The standard InChI is InChI=1S/C76H148O17P2/c1-8-10-11-12-13-14-15-16-17-18-19-20-21-22-23-30-37-45-52-59-75(80)92-71(63-86-73(78)57-50-43-36-29-25-24-28-35-42-49-56-69(7)9-2)65-90-94(82,83)88-61-70(77)62-89-95(84,85)91-66-72(64-87-74(79)58-51-44-39-32-34-41-48-55-68(5)6)93-76(81)60-53-46-38-31-26-27-33-40-47-54-67(3)4/h67-72,77H,8-66H2,1-7H3,(H,82,83)(H,84,85)/t69?,70-,71-,72-/m1/s1. The van der Waals surface area contributed by atoms with Crippen LogP contribution in [0.3, 0.4) is 0 Å². The molecule has 0 radical (unpaired) electrons. The normalized spacial score (nSPS) is 14.4. The zero-order valence-corrected chi connectivity index (χ0v) is 63.9. The number of ether oxygens (including phenoxy) is 4. The monoisotopic (exact) mass is 1400 g/mol. The number of aliphatic hydroxyl groups excluding tert-OH is 1. The molecule has 0 amide bonds. The Hall–Kier alpha value is -1.94. The molecule has 0 rings (SSSR count). The highest BCUT2D eigenvalue weighted by Gasteiger charge is 2.30. The minimum Gasteiger partial charge on any atom is -0.462 e. The molecule has 95 heavy (non-hydrogen) atoms. The molecule has 0 fully saturated rings. The van der Waals surface area contributed by atoms with Gasteiger partial charge in [-0.1, -0.05) is 337 Å². The second-order valence-electron chi connectivity index (χ2n) is 28.6. The lowest BCUT2D eigenvalue weighted by Crippen LogP contribution is -2.30. The van der Waals surface area contributed by atoms with Crippen LogP contribution < -0.4 is 0 Å². The fourth-order valence-corrected chi connectivity index (χ4v) is 13.1. The summed E-state index contributed by atoms with van der Waals surface area (Å²) in [4.78, 5) is 72.8. The molecule has 17 nitrogen and oxygen atoms in total. The van der Waals surface area contributed by atoms with Gasteiger partial charge in [0.1, 0.15) is 19.3 Å². The van der Waals surface area contributed by atoms with E-state index in [9.17, 15) is 43.2 Å². The molecule has 0 aromatic rings. The molecule has 0 aromatic heterocycles. The molecule has 0 aliphatic rings. The van der Waals surface area contributed by atoms with Crippen LogP contribution in [0.25, 0.3) is 0 Å². The molecule has 19 heteroatoms. The van der Waals surface area contributed by atoms with E-state index in [-0.39, 0.29) is 25.7 Å². The first kappa shape index (κ1) is 93.1. The van der Waals surface area contributed by atoms with Gasteiger partial charge in [-0.05, 0) is 43.4 Å². The highest BCUT2D eigenvalue weighted by molar-refractivity contribution is 7.47. The Kier molecular flexibility index (Phi) is 65.2. The van der Waals surface area contributed by atoms with E-state index in [1.807, 2.05) is 0 Å². The van der Waals surface area contributed by atoms with Crippen molar-refractivity contribution in [1.29, 1.82) is 0 Å². The lowest BCUT2D eigenvalue weighted by Gasteiger charge is -2.21. The summed E-state index contributed by atoms with van der Waals surface area (Å²) < 4.78 is 68.5. The van der Waals surface area contributed by atoms with Gasteiger partial charge in [0.15, 0.2) is 12.2 Å². The Labute approximate surface area is 581 Å². The van der Waals surface area contributed by atoms with Crippen LogP contribution in [-0.4, -0.2) is 96.7 Å². The number of aliphatic hydroxyl groups is 1. The minimum absolute atomic E-state index is 0.104. The molecule has 0 spiro atoms. The van der Waals surface area contributed by atoms with Crippen molar-refractivity contribution in [2.75, 3.05) is 39.6 Å². The minimum atomic E-state index is -4.96. The Morgan fingerprint density at radius 3 is 0.800 bits per heavy atom. The number of unbranched alkanes of at least 4 members (excludes halogenated alkanes) is 41. The molecule has 0 saturated heterocycles. The SMILES string of the molecule is CCCCCCCCCCCCCCCCCCCCCC(=O)O[C@H](COC(=O)CCCCCCCCCCCCC(C)CC)COP(=O)(O)OC[C@@H](O)COP(=O)(O)OC[C@@H](COC(=O)CCCCCCCCCC(C)C)OC(=O)CCCCCCCCCCCC(C)C. The van der Waals surface area contributed by atoms with Gasteiger partial charge in [-0.3, -0.25) is 37.3 Å². The average molecular weight is 1400 g/mol. The van der Waals surface area contributed by atoms with Gasteiger partial charge in [0.25, 0.3) is 0 Å². The van der Waals surface area contributed by atoms with Crippen LogP contribution in [-0.2, 0) is 65.4 Å². The summed E-state index contributed by atoms with van der Waals surface area (Å²) in [6.45, 7) is 11.8. The van der Waals surface area contributed by atoms with Crippen LogP contribution in [0.1, 0.15) is 389 Å². The second kappa shape index (κ2) is 66.6. The van der Waals surface area contributed by atoms with E-state index in [0.29, 0.717) is 31.6 Å². The highest BCUT2D eigenvalue weighted by Crippen LogP contribution is 2.45. The van der Waals surface area contributed by atoms with Crippen molar-refractivity contribution in [2.24, 2.45) is 17.8 Å². The van der Waals surface area contributed by atoms with E-state index in [1.165, 1.54) is 193 Å². The third-order valence-corrected chi connectivity index (χ3v) is 19.9. The summed E-state index contributed by atoms with van der Waals surface area (Å²) in [5, 5.41) is 10.6. The van der Waals surface area contributed by atoms with E-state index in [2.05, 4.69) is 48.5 Å². The molecule has 3 N–H and O–H groups in total. The third kappa shape index (κ3) is 69.0. The lowest BCUT2D eigenvalue weighted by atomic mass is 9.99. The van der Waals surface area contributed by atoms with E-state index < -0.39 is 97.5 Å². The molecule has 0 aromatic carbocycles. The highest BCUT2D eigenvalue weighted by atomic mass is 31.2. The number of esters is 4. The summed E-state index contributed by atoms with van der Waals surface area (Å²) in [5.41, 5.74) is 0. The predicted octanol–water partition coefficient (Wildman–Crippen LogP) is 22.2. The summed E-state index contributed by atoms with van der Waals surface area (Å²) >= 11 is 0. The number of rotatable bonds is 74. The van der Waals surface area contributed by atoms with Crippen molar-refractivity contribution in [2.45, 2.75) is 407 Å². The molecular formula is C76H148O17P2. The molecule has 0 aliphatic carbocycles. The molecule has 6 atom stereocenters. The van der Waals surface area contributed by atoms with Crippen LogP contribution in [0.15, 0.2) is 0 Å². The Bertz CT molecular complexity index is 1850. The Morgan fingerprint density at radius 2 is 0.537 bits per heavy atom. The predicted molar refractivity (Wildman–Crippen MR) is 386 cm³/mol. The van der Waals surface area contributed by atoms with Crippen molar-refractivity contribution < 1.29 is 80.2 Å². The first-order chi connectivity index (χ1) is 45.8. The van der Waals surface area contributed by atoms with Crippen LogP contribution >= 0.6 is 15.6 Å². The first-order valence-corrected chi connectivity index (χ1v) is 42.4. The number of hydrogen-bond donors (Lipinski definition) is 3. The van der Waals surface area contributed by atoms with Gasteiger partial charge in [-0.2, -0.15) is 0 Å². The Morgan fingerprint density at radius 1 is 0.305 bits per heavy atom. The van der Waals surface area contributed by atoms with Gasteiger partial charge >= 0.3 is 39.5 Å². The van der Waals surface area contributed by atoms with E-state index in [0.717, 1.165) is 108 Å². The average Bonchev–Trinajstić information content (AvgIpc) is 1.40. The van der Waals surface area contributed by atoms with Crippen molar-refractivity contribution >= 4 is 39.5 Å². The van der Waals surface area contributed by atoms with Gasteiger partial charge in [0.2, 0.25) is 0 Å². The van der Waals surface area contributed by atoms with Gasteiger partial charge < -0.3 is 33.8 Å². The number of carbonyl (C=O) groups excluding carboxylic acids is 4. The smallest absolute Gasteiger partial charge is 0.462 e. The van der Waals surface area contributed by atoms with Gasteiger partial charge in [-0.25, -0.2) is 9.13 Å². The topological polar surface area (TPSA) is 237 Å². The molecule has 3 unspecified atom stereocenters. The lowest BCUT2D eigenvalue weighted by molar-refractivity contribution is -0.161. The summed E-state index contributed by atoms with van der Waals surface area (Å²) in [5.74, 6) is 0.131. The molecule has 0 bridgehead atoms. The van der Waals surface area contributed by atoms with Crippen molar-refractivity contribution in [3.8, 4) is 0 Å². The maximum Gasteiger partial charge on any atom is 0.472 e. The third-order valence-electron chi connectivity index (χ3n) is 18.0. The first-order valence-electron chi connectivity index (χ1n) is 39.4. The van der Waals surface area contributed by atoms with Crippen molar-refractivity contribution in [1.82, 2.24) is 0 Å². The maximum absolute atomic E-state index is 13.1. The fraction of sp³-hybridized carbons (Fsp3) is 0.947. The second-order valence-corrected chi connectivity index (χ2v) is 31.5. The zero-order chi connectivity index (χ0) is 70.1. The maximum atomic E-state index is 13.1. The number of hydrogen-bond acceptors (Lipinski definition) is 15. The van der Waals surface area contributed by atoms with E-state index >= 15 is 0 Å². The van der Waals surface area contributed by atoms with Crippen LogP contribution in [0.2, 0.25) is 0 Å². The number of phosphoric ester groups is 2. The van der Waals surface area contributed by atoms with Gasteiger partial charge in [0.05, 0.1) is 26.4 Å². The molecule has 0 saturated carbocycles. The van der Waals surface area contributed by atoms with E-state index in [1.54, 1.807) is 0 Å². The van der Waals surface area contributed by atoms with Gasteiger partial charge in [-0.15, -0.1) is 0 Å². The van der Waals surface area contributed by atoms with Crippen LogP contribution in [0.4, 0.5) is 0 Å². The zero-order valence-electron chi connectivity index (χ0n) is 62.1. The quantitative estimate of drug-likeness (QED) is 0.0222. The van der Waals surface area contributed by atoms with Gasteiger partial charge in [0, 0.05) is 25.7 Å². The summed E-state index contributed by atoms with van der Waals surface area (Å²) in [6.07, 6.45) is 52.8. The van der Waals surface area contributed by atoms with Crippen molar-refractivity contribution in [3.63, 3.8) is 0 Å². The molecule has 0 heterocycles. The molecule has 564 valence electrons. The molecular weight excluding hydrogens is 1250 g/mol. The largest absolute Gasteiger partial charge is 0.472 e. The number of phosphoric acid groups is 2. The summed E-state index contributed by atoms with van der Waals surface area (Å²) in [6, 6.07) is 0. The fourth-order valence-electron chi connectivity index (χ4n) is 11.6. The summed E-state index contributed by atoms with van der Waals surface area (Å²) in [7, 11) is -9.91. The van der Waals surface area contributed by atoms with Crippen molar-refractivity contribution in [3.05, 3.63) is 0 Å². The Balaban J connectivity index is 5.24.